The number of hydrogen-bond donors (Lipinski definition) is 2. The van der Waals surface area contributed by atoms with E-state index in [2.05, 4.69) is 12.2 Å². The summed E-state index contributed by atoms with van der Waals surface area (Å²) in [5.41, 5.74) is 7.73. The van der Waals surface area contributed by atoms with Crippen LogP contribution in [-0.4, -0.2) is 44.2 Å². The Kier molecular flexibility index (Phi) is 8.60. The number of nitrogens with one attached hydrogen (secondary N) is 1. The smallest absolute Gasteiger partial charge is 0.107 e. The minimum Gasteiger partial charge on any atom is -0.389 e. The third kappa shape index (κ3) is 5.66. The molecule has 4 nitrogen and oxygen atoms in total. The van der Waals surface area contributed by atoms with E-state index in [9.17, 15) is 0 Å². The number of ether oxygens (including phenoxy) is 2. The summed E-state index contributed by atoms with van der Waals surface area (Å²) >= 11 is 6.90. The van der Waals surface area contributed by atoms with Crippen LogP contribution in [0.1, 0.15) is 12.5 Å². The molecule has 0 bridgehead atoms. The lowest BCUT2D eigenvalue weighted by Crippen LogP contribution is -2.17. The molecule has 0 aromatic heterocycles. The van der Waals surface area contributed by atoms with E-state index in [1.165, 1.54) is 0 Å². The number of methoxy groups -OCH3 is 1. The molecule has 1 aromatic rings. The molecular weight excluding hydrogens is 292 g/mol. The number of anilines is 1. The standard InChI is InChI=1S/C14H22N2O2S2/c1-3-20-12-6-4-5-11(13(12)14(15)19)16-7-8-18-10-9-17-2/h4-6,16H,3,7-10H2,1-2H3,(H2,15,19). The van der Waals surface area contributed by atoms with Crippen molar-refractivity contribution in [2.75, 3.05) is 44.5 Å². The molecule has 0 fully saturated rings. The number of thiocarbonyl (C=S) groups is 1. The van der Waals surface area contributed by atoms with E-state index in [0.29, 0.717) is 31.4 Å². The summed E-state index contributed by atoms with van der Waals surface area (Å²) in [5.74, 6) is 0.985. The first kappa shape index (κ1) is 17.2. The third-order valence-electron chi connectivity index (χ3n) is 2.57. The van der Waals surface area contributed by atoms with Gasteiger partial charge in [-0.2, -0.15) is 0 Å². The molecule has 0 heterocycles. The van der Waals surface area contributed by atoms with Gasteiger partial charge in [0.2, 0.25) is 0 Å². The van der Waals surface area contributed by atoms with E-state index in [1.54, 1.807) is 18.9 Å². The largest absolute Gasteiger partial charge is 0.389 e. The number of benzene rings is 1. The highest BCUT2D eigenvalue weighted by Gasteiger charge is 2.10. The van der Waals surface area contributed by atoms with Crippen LogP contribution in [0.25, 0.3) is 0 Å². The van der Waals surface area contributed by atoms with Crippen molar-refractivity contribution < 1.29 is 9.47 Å². The second-order valence-corrected chi connectivity index (χ2v) is 5.75. The summed E-state index contributed by atoms with van der Waals surface area (Å²) in [5, 5.41) is 3.32. The highest BCUT2D eigenvalue weighted by Crippen LogP contribution is 2.28. The first-order valence-corrected chi connectivity index (χ1v) is 7.96. The van der Waals surface area contributed by atoms with Crippen LogP contribution in [-0.2, 0) is 9.47 Å². The van der Waals surface area contributed by atoms with Crippen molar-refractivity contribution in [3.8, 4) is 0 Å². The molecule has 0 aliphatic carbocycles. The first-order valence-electron chi connectivity index (χ1n) is 6.56. The highest BCUT2D eigenvalue weighted by atomic mass is 32.2. The molecule has 0 spiro atoms. The van der Waals surface area contributed by atoms with Crippen LogP contribution in [0.3, 0.4) is 0 Å². The average Bonchev–Trinajstić information content (AvgIpc) is 2.43. The number of thioether (sulfide) groups is 1. The Hall–Kier alpha value is -0.820. The maximum Gasteiger partial charge on any atom is 0.107 e. The Morgan fingerprint density at radius 2 is 2.15 bits per heavy atom. The normalized spacial score (nSPS) is 10.5. The Bertz CT molecular complexity index is 428. The molecule has 3 N–H and O–H groups in total. The fourth-order valence-corrected chi connectivity index (χ4v) is 2.85. The highest BCUT2D eigenvalue weighted by molar-refractivity contribution is 7.99. The monoisotopic (exact) mass is 314 g/mol. The van der Waals surface area contributed by atoms with Crippen LogP contribution in [0.4, 0.5) is 5.69 Å². The van der Waals surface area contributed by atoms with Crippen molar-refractivity contribution in [2.24, 2.45) is 5.73 Å². The predicted molar refractivity (Wildman–Crippen MR) is 89.9 cm³/mol. The Balaban J connectivity index is 2.60. The van der Waals surface area contributed by atoms with Crippen LogP contribution in [0, 0.1) is 0 Å². The van der Waals surface area contributed by atoms with E-state index in [1.807, 2.05) is 18.2 Å². The summed E-state index contributed by atoms with van der Waals surface area (Å²) in [6, 6.07) is 6.04. The van der Waals surface area contributed by atoms with E-state index < -0.39 is 0 Å². The molecule has 20 heavy (non-hydrogen) atoms. The topological polar surface area (TPSA) is 56.5 Å². The molecular formula is C14H22N2O2S2. The molecule has 0 radical (unpaired) electrons. The van der Waals surface area contributed by atoms with Crippen molar-refractivity contribution in [1.82, 2.24) is 0 Å². The van der Waals surface area contributed by atoms with Crippen molar-refractivity contribution in [1.29, 1.82) is 0 Å². The SMILES string of the molecule is CCSc1cccc(NCCOCCOC)c1C(N)=S. The third-order valence-corrected chi connectivity index (χ3v) is 3.71. The van der Waals surface area contributed by atoms with Gasteiger partial charge in [-0.3, -0.25) is 0 Å². The minimum atomic E-state index is 0.421. The quantitative estimate of drug-likeness (QED) is 0.393. The number of nitrogens with two attached hydrogens (primary N) is 1. The molecule has 0 atom stereocenters. The van der Waals surface area contributed by atoms with Crippen molar-refractivity contribution in [2.45, 2.75) is 11.8 Å². The van der Waals surface area contributed by atoms with Gasteiger partial charge in [0, 0.05) is 29.8 Å². The zero-order chi connectivity index (χ0) is 14.8. The Labute approximate surface area is 130 Å². The van der Waals surface area contributed by atoms with Crippen LogP contribution in [0.15, 0.2) is 23.1 Å². The van der Waals surface area contributed by atoms with Gasteiger partial charge < -0.3 is 20.5 Å². The molecule has 0 saturated heterocycles. The second-order valence-electron chi connectivity index (χ2n) is 4.01. The van der Waals surface area contributed by atoms with Gasteiger partial charge in [0.05, 0.1) is 19.8 Å². The zero-order valence-corrected chi connectivity index (χ0v) is 13.6. The summed E-state index contributed by atoms with van der Waals surface area (Å²) in [7, 11) is 1.66. The fourth-order valence-electron chi connectivity index (χ4n) is 1.71. The van der Waals surface area contributed by atoms with Gasteiger partial charge >= 0.3 is 0 Å². The van der Waals surface area contributed by atoms with Gasteiger partial charge in [-0.1, -0.05) is 25.2 Å². The molecule has 112 valence electrons. The van der Waals surface area contributed by atoms with Crippen LogP contribution < -0.4 is 11.1 Å². The Morgan fingerprint density at radius 1 is 1.35 bits per heavy atom. The second kappa shape index (κ2) is 9.99. The summed E-state index contributed by atoms with van der Waals surface area (Å²) in [4.78, 5) is 1.54. The molecule has 0 aliphatic rings. The maximum atomic E-state index is 5.85. The average molecular weight is 314 g/mol. The fraction of sp³-hybridized carbons (Fsp3) is 0.500. The van der Waals surface area contributed by atoms with Gasteiger partial charge in [0.1, 0.15) is 4.99 Å². The molecule has 0 amide bonds. The van der Waals surface area contributed by atoms with Gasteiger partial charge in [0.25, 0.3) is 0 Å². The molecule has 0 aliphatic heterocycles. The van der Waals surface area contributed by atoms with Crippen molar-refractivity contribution >= 4 is 34.7 Å². The summed E-state index contributed by atoms with van der Waals surface area (Å²) in [6.07, 6.45) is 0. The van der Waals surface area contributed by atoms with Crippen molar-refractivity contribution in [3.05, 3.63) is 23.8 Å². The van der Waals surface area contributed by atoms with Gasteiger partial charge in [0.15, 0.2) is 0 Å². The summed E-state index contributed by atoms with van der Waals surface area (Å²) < 4.78 is 10.3. The molecule has 0 unspecified atom stereocenters. The predicted octanol–water partition coefficient (Wildman–Crippen LogP) is 2.51. The molecule has 6 heteroatoms. The van der Waals surface area contributed by atoms with Gasteiger partial charge in [-0.15, -0.1) is 11.8 Å². The van der Waals surface area contributed by atoms with E-state index in [4.69, 9.17) is 27.4 Å². The van der Waals surface area contributed by atoms with E-state index in [-0.39, 0.29) is 0 Å². The van der Waals surface area contributed by atoms with Crippen molar-refractivity contribution in [3.63, 3.8) is 0 Å². The number of hydrogen-bond acceptors (Lipinski definition) is 5. The van der Waals surface area contributed by atoms with E-state index in [0.717, 1.165) is 21.9 Å². The van der Waals surface area contributed by atoms with Gasteiger partial charge in [-0.05, 0) is 17.9 Å². The lowest BCUT2D eigenvalue weighted by molar-refractivity contribution is 0.0759. The van der Waals surface area contributed by atoms with Gasteiger partial charge in [-0.25, -0.2) is 0 Å². The summed E-state index contributed by atoms with van der Waals surface area (Å²) in [6.45, 7) is 4.65. The number of rotatable bonds is 10. The zero-order valence-electron chi connectivity index (χ0n) is 12.0. The van der Waals surface area contributed by atoms with E-state index >= 15 is 0 Å². The Morgan fingerprint density at radius 3 is 2.80 bits per heavy atom. The lowest BCUT2D eigenvalue weighted by atomic mass is 10.1. The molecule has 1 aromatic carbocycles. The molecule has 0 saturated carbocycles. The first-order chi connectivity index (χ1) is 9.70. The lowest BCUT2D eigenvalue weighted by Gasteiger charge is -2.14. The van der Waals surface area contributed by atoms with Crippen LogP contribution >= 0.6 is 24.0 Å². The minimum absolute atomic E-state index is 0.421. The van der Waals surface area contributed by atoms with Crippen LogP contribution in [0.5, 0.6) is 0 Å². The maximum absolute atomic E-state index is 5.85. The van der Waals surface area contributed by atoms with Crippen LogP contribution in [0.2, 0.25) is 0 Å². The molecule has 1 rings (SSSR count).